The van der Waals surface area contributed by atoms with Crippen LogP contribution in [0.3, 0.4) is 0 Å². The maximum absolute atomic E-state index is 12.4. The van der Waals surface area contributed by atoms with Crippen molar-refractivity contribution in [2.45, 2.75) is 31.9 Å². The summed E-state index contributed by atoms with van der Waals surface area (Å²) in [6.45, 7) is 1.50. The molecule has 1 heterocycles. The number of phenols is 1. The highest BCUT2D eigenvalue weighted by molar-refractivity contribution is 6.01. The number of cyclic esters (lactones) is 2. The maximum atomic E-state index is 12.4. The van der Waals surface area contributed by atoms with Gasteiger partial charge < -0.3 is 25.2 Å². The number of carbonyl (C=O) groups is 4. The van der Waals surface area contributed by atoms with Crippen molar-refractivity contribution in [2.24, 2.45) is 0 Å². The number of phenolic OH excluding ortho intramolecular Hbond substituents is 1. The second-order valence-electron chi connectivity index (χ2n) is 5.38. The third-order valence-electron chi connectivity index (χ3n) is 3.59. The first-order chi connectivity index (χ1) is 11.9. The lowest BCUT2D eigenvalue weighted by Crippen LogP contribution is -2.49. The number of para-hydroxylation sites is 1. The van der Waals surface area contributed by atoms with Crippen LogP contribution in [0, 0.1) is 0 Å². The van der Waals surface area contributed by atoms with Crippen LogP contribution in [0.1, 0.15) is 30.1 Å². The molecule has 2 amide bonds. The van der Waals surface area contributed by atoms with Gasteiger partial charge in [-0.25, -0.2) is 4.79 Å². The van der Waals surface area contributed by atoms with Crippen molar-refractivity contribution in [3.8, 4) is 5.75 Å². The highest BCUT2D eigenvalue weighted by Crippen LogP contribution is 2.27. The largest absolute Gasteiger partial charge is 0.505 e. The van der Waals surface area contributed by atoms with Gasteiger partial charge in [0.25, 0.3) is 5.91 Å². The number of hydrogen-bond acceptors (Lipinski definition) is 7. The molecule has 0 aliphatic carbocycles. The van der Waals surface area contributed by atoms with Crippen LogP contribution in [0.5, 0.6) is 5.75 Å². The van der Waals surface area contributed by atoms with Crippen molar-refractivity contribution in [2.75, 3.05) is 11.9 Å². The minimum Gasteiger partial charge on any atom is -0.505 e. The molecule has 0 spiro atoms. The van der Waals surface area contributed by atoms with Crippen molar-refractivity contribution in [3.05, 3.63) is 23.8 Å². The van der Waals surface area contributed by atoms with Crippen molar-refractivity contribution >= 4 is 29.9 Å². The van der Waals surface area contributed by atoms with Crippen LogP contribution in [0.25, 0.3) is 0 Å². The molecule has 1 aliphatic rings. The Morgan fingerprint density at radius 2 is 2.12 bits per heavy atom. The topological polar surface area (TPSA) is 131 Å². The molecule has 25 heavy (non-hydrogen) atoms. The number of carbonyl (C=O) groups excluding carboxylic acids is 4. The summed E-state index contributed by atoms with van der Waals surface area (Å²) in [5.41, 5.74) is -0.114. The maximum Gasteiger partial charge on any atom is 0.332 e. The van der Waals surface area contributed by atoms with Crippen LogP contribution >= 0.6 is 0 Å². The summed E-state index contributed by atoms with van der Waals surface area (Å²) in [7, 11) is 0. The second kappa shape index (κ2) is 8.13. The van der Waals surface area contributed by atoms with E-state index < -0.39 is 35.7 Å². The quantitative estimate of drug-likeness (QED) is 0.405. The van der Waals surface area contributed by atoms with E-state index in [1.165, 1.54) is 25.1 Å². The predicted molar refractivity (Wildman–Crippen MR) is 84.8 cm³/mol. The van der Waals surface area contributed by atoms with Gasteiger partial charge in [0.15, 0.2) is 11.8 Å². The number of esters is 2. The van der Waals surface area contributed by atoms with Crippen molar-refractivity contribution in [1.29, 1.82) is 0 Å². The van der Waals surface area contributed by atoms with E-state index in [-0.39, 0.29) is 24.3 Å². The fourth-order valence-corrected chi connectivity index (χ4v) is 2.31. The third kappa shape index (κ3) is 4.46. The molecule has 0 bridgehead atoms. The van der Waals surface area contributed by atoms with Crippen LogP contribution in [0.4, 0.5) is 5.69 Å². The molecule has 0 unspecified atom stereocenters. The molecule has 0 saturated carbocycles. The van der Waals surface area contributed by atoms with E-state index in [4.69, 9.17) is 9.47 Å². The minimum atomic E-state index is -1.23. The van der Waals surface area contributed by atoms with Crippen LogP contribution in [0.2, 0.25) is 0 Å². The molecule has 2 atom stereocenters. The van der Waals surface area contributed by atoms with Crippen LogP contribution in [0.15, 0.2) is 18.2 Å². The lowest BCUT2D eigenvalue weighted by atomic mass is 10.1. The highest BCUT2D eigenvalue weighted by Gasteiger charge is 2.33. The Hall–Kier alpha value is -3.10. The molecule has 1 aromatic carbocycles. The van der Waals surface area contributed by atoms with Gasteiger partial charge in [-0.05, 0) is 25.5 Å². The number of nitrogens with one attached hydrogen (secondary N) is 2. The summed E-state index contributed by atoms with van der Waals surface area (Å²) in [6.07, 6.45) is -0.148. The lowest BCUT2D eigenvalue weighted by Gasteiger charge is -2.22. The van der Waals surface area contributed by atoms with Gasteiger partial charge in [-0.15, -0.1) is 0 Å². The average Bonchev–Trinajstić information content (AvgIpc) is 2.62. The van der Waals surface area contributed by atoms with E-state index >= 15 is 0 Å². The number of anilines is 1. The van der Waals surface area contributed by atoms with Crippen LogP contribution < -0.4 is 10.6 Å². The fourth-order valence-electron chi connectivity index (χ4n) is 2.31. The van der Waals surface area contributed by atoms with Gasteiger partial charge in [-0.3, -0.25) is 14.4 Å². The number of aromatic hydroxyl groups is 1. The molecular weight excluding hydrogens is 332 g/mol. The zero-order chi connectivity index (χ0) is 18.4. The SMILES string of the molecule is C[C@H]1OC(=O)CCCOC(=O)[C@H]1NC(=O)c1cccc(NC=O)c1O. The van der Waals surface area contributed by atoms with Gasteiger partial charge in [0.05, 0.1) is 17.9 Å². The first-order valence-electron chi connectivity index (χ1n) is 7.63. The molecule has 0 aromatic heterocycles. The van der Waals surface area contributed by atoms with E-state index in [0.717, 1.165) is 0 Å². The van der Waals surface area contributed by atoms with Gasteiger partial charge in [0.1, 0.15) is 6.10 Å². The molecule has 2 rings (SSSR count). The Morgan fingerprint density at radius 3 is 2.84 bits per heavy atom. The molecule has 1 saturated heterocycles. The second-order valence-corrected chi connectivity index (χ2v) is 5.38. The number of hydrogen-bond donors (Lipinski definition) is 3. The Bertz CT molecular complexity index is 689. The summed E-state index contributed by atoms with van der Waals surface area (Å²) >= 11 is 0. The van der Waals surface area contributed by atoms with E-state index in [9.17, 15) is 24.3 Å². The molecule has 9 heteroatoms. The molecule has 1 aliphatic heterocycles. The van der Waals surface area contributed by atoms with E-state index in [0.29, 0.717) is 12.8 Å². The Kier molecular flexibility index (Phi) is 5.93. The molecule has 134 valence electrons. The molecule has 3 N–H and O–H groups in total. The van der Waals surface area contributed by atoms with Crippen molar-refractivity contribution in [3.63, 3.8) is 0 Å². The van der Waals surface area contributed by atoms with Crippen molar-refractivity contribution < 1.29 is 33.8 Å². The normalized spacial score (nSPS) is 21.0. The smallest absolute Gasteiger partial charge is 0.332 e. The zero-order valence-corrected chi connectivity index (χ0v) is 13.5. The van der Waals surface area contributed by atoms with E-state index in [1.54, 1.807) is 0 Å². The standard InChI is InChI=1S/C16H18N2O7/c1-9-13(16(23)24-7-3-6-12(20)25-9)18-15(22)10-4-2-5-11(14(10)21)17-8-19/h2,4-5,8-9,13,21H,3,6-7H2,1H3,(H,17,19)(H,18,22)/t9-,13+/m1/s1. The summed E-state index contributed by atoms with van der Waals surface area (Å²) < 4.78 is 10.1. The molecule has 9 nitrogen and oxygen atoms in total. The van der Waals surface area contributed by atoms with Gasteiger partial charge in [0.2, 0.25) is 6.41 Å². The van der Waals surface area contributed by atoms with Crippen molar-refractivity contribution in [1.82, 2.24) is 5.32 Å². The Balaban J connectivity index is 2.21. The summed E-state index contributed by atoms with van der Waals surface area (Å²) in [6, 6.07) is 2.94. The number of rotatable bonds is 4. The van der Waals surface area contributed by atoms with Gasteiger partial charge >= 0.3 is 11.9 Å². The molecule has 1 fully saturated rings. The lowest BCUT2D eigenvalue weighted by molar-refractivity contribution is -0.154. The third-order valence-corrected chi connectivity index (χ3v) is 3.59. The Morgan fingerprint density at radius 1 is 1.36 bits per heavy atom. The number of benzene rings is 1. The summed E-state index contributed by atoms with van der Waals surface area (Å²) in [5, 5.41) is 14.7. The molecular formula is C16H18N2O7. The van der Waals surface area contributed by atoms with Crippen LogP contribution in [-0.2, 0) is 23.9 Å². The highest BCUT2D eigenvalue weighted by atomic mass is 16.6. The summed E-state index contributed by atoms with van der Waals surface area (Å²) in [4.78, 5) is 46.6. The van der Waals surface area contributed by atoms with E-state index in [2.05, 4.69) is 10.6 Å². The Labute approximate surface area is 143 Å². The monoisotopic (exact) mass is 350 g/mol. The van der Waals surface area contributed by atoms with Crippen LogP contribution in [-0.4, -0.2) is 48.1 Å². The van der Waals surface area contributed by atoms with Gasteiger partial charge in [-0.1, -0.05) is 6.07 Å². The van der Waals surface area contributed by atoms with E-state index in [1.807, 2.05) is 0 Å². The zero-order valence-electron chi connectivity index (χ0n) is 13.5. The first-order valence-corrected chi connectivity index (χ1v) is 7.63. The first kappa shape index (κ1) is 18.2. The summed E-state index contributed by atoms with van der Waals surface area (Å²) in [5.74, 6) is -2.47. The predicted octanol–water partition coefficient (Wildman–Crippen LogP) is 0.328. The molecule has 1 aromatic rings. The number of amides is 2. The fraction of sp³-hybridized carbons (Fsp3) is 0.375. The molecule has 0 radical (unpaired) electrons. The number of ether oxygens (including phenoxy) is 2. The van der Waals surface area contributed by atoms with Gasteiger partial charge in [-0.2, -0.15) is 0 Å². The average molecular weight is 350 g/mol. The minimum absolute atomic E-state index is 0.0387. The van der Waals surface area contributed by atoms with Gasteiger partial charge in [0, 0.05) is 6.42 Å².